The van der Waals surface area contributed by atoms with Crippen molar-refractivity contribution < 1.29 is 4.79 Å². The number of anilines is 2. The summed E-state index contributed by atoms with van der Waals surface area (Å²) in [6, 6.07) is 6.71. The summed E-state index contributed by atoms with van der Waals surface area (Å²) in [6.45, 7) is 4.97. The number of carbonyl (C=O) groups excluding carboxylic acids is 1. The minimum absolute atomic E-state index is 0.103. The van der Waals surface area contributed by atoms with Crippen molar-refractivity contribution in [1.29, 1.82) is 0 Å². The minimum atomic E-state index is -0.270. The standard InChI is InChI=1S/C17H19Cl2N5O/c1-12(16(25)22-14-5-2-4-13(18)15(14)19)23-8-10-24(11-9-23)17-20-6-3-7-21-17/h2-7,12H,8-11H2,1H3,(H,22,25). The number of benzene rings is 1. The number of rotatable bonds is 4. The Morgan fingerprint density at radius 1 is 1.12 bits per heavy atom. The van der Waals surface area contributed by atoms with Crippen molar-refractivity contribution in [2.75, 3.05) is 36.4 Å². The van der Waals surface area contributed by atoms with Gasteiger partial charge in [-0.05, 0) is 25.1 Å². The summed E-state index contributed by atoms with van der Waals surface area (Å²) in [7, 11) is 0. The second kappa shape index (κ2) is 7.99. The fourth-order valence-corrected chi connectivity index (χ4v) is 3.11. The Bertz CT molecular complexity index is 735. The second-order valence-electron chi connectivity index (χ2n) is 5.84. The molecule has 1 atom stereocenters. The van der Waals surface area contributed by atoms with Gasteiger partial charge >= 0.3 is 0 Å². The van der Waals surface area contributed by atoms with Crippen LogP contribution in [-0.2, 0) is 4.79 Å². The SMILES string of the molecule is CC(C(=O)Nc1cccc(Cl)c1Cl)N1CCN(c2ncccn2)CC1. The number of amides is 1. The molecule has 1 aliphatic rings. The van der Waals surface area contributed by atoms with Crippen LogP contribution in [0.4, 0.5) is 11.6 Å². The molecule has 8 heteroatoms. The summed E-state index contributed by atoms with van der Waals surface area (Å²) in [4.78, 5) is 25.3. The predicted octanol–water partition coefficient (Wildman–Crippen LogP) is 2.93. The summed E-state index contributed by atoms with van der Waals surface area (Å²) in [5.41, 5.74) is 0.530. The van der Waals surface area contributed by atoms with E-state index in [0.29, 0.717) is 15.7 Å². The number of halogens is 2. The Hall–Kier alpha value is -1.89. The smallest absolute Gasteiger partial charge is 0.241 e. The molecule has 1 aliphatic heterocycles. The topological polar surface area (TPSA) is 61.4 Å². The lowest BCUT2D eigenvalue weighted by molar-refractivity contribution is -0.120. The Balaban J connectivity index is 1.58. The first-order valence-corrected chi connectivity index (χ1v) is 8.83. The molecule has 1 N–H and O–H groups in total. The molecule has 1 aromatic carbocycles. The average molecular weight is 380 g/mol. The van der Waals surface area contributed by atoms with E-state index in [9.17, 15) is 4.79 Å². The molecule has 25 heavy (non-hydrogen) atoms. The monoisotopic (exact) mass is 379 g/mol. The first-order chi connectivity index (χ1) is 12.1. The van der Waals surface area contributed by atoms with E-state index < -0.39 is 0 Å². The largest absolute Gasteiger partial charge is 0.338 e. The van der Waals surface area contributed by atoms with Gasteiger partial charge in [-0.25, -0.2) is 9.97 Å². The number of hydrogen-bond acceptors (Lipinski definition) is 5. The van der Waals surface area contributed by atoms with Crippen molar-refractivity contribution in [2.45, 2.75) is 13.0 Å². The summed E-state index contributed by atoms with van der Waals surface area (Å²) >= 11 is 12.1. The summed E-state index contributed by atoms with van der Waals surface area (Å²) in [6.07, 6.45) is 3.47. The zero-order chi connectivity index (χ0) is 17.8. The third-order valence-electron chi connectivity index (χ3n) is 4.29. The van der Waals surface area contributed by atoms with Gasteiger partial charge in [0.1, 0.15) is 0 Å². The van der Waals surface area contributed by atoms with Gasteiger partial charge in [-0.15, -0.1) is 0 Å². The number of piperazine rings is 1. The van der Waals surface area contributed by atoms with Crippen LogP contribution in [-0.4, -0.2) is 53.0 Å². The van der Waals surface area contributed by atoms with E-state index in [2.05, 4.69) is 25.1 Å². The van der Waals surface area contributed by atoms with Gasteiger partial charge in [0, 0.05) is 38.6 Å². The molecule has 6 nitrogen and oxygen atoms in total. The van der Waals surface area contributed by atoms with Crippen LogP contribution < -0.4 is 10.2 Å². The Labute approximate surface area is 156 Å². The molecule has 1 saturated heterocycles. The number of carbonyl (C=O) groups is 1. The Morgan fingerprint density at radius 3 is 2.48 bits per heavy atom. The third kappa shape index (κ3) is 4.21. The quantitative estimate of drug-likeness (QED) is 0.884. The minimum Gasteiger partial charge on any atom is -0.338 e. The third-order valence-corrected chi connectivity index (χ3v) is 5.10. The fraction of sp³-hybridized carbons (Fsp3) is 0.353. The van der Waals surface area contributed by atoms with Crippen LogP contribution in [0.25, 0.3) is 0 Å². The highest BCUT2D eigenvalue weighted by atomic mass is 35.5. The van der Waals surface area contributed by atoms with E-state index in [1.165, 1.54) is 0 Å². The van der Waals surface area contributed by atoms with Gasteiger partial charge < -0.3 is 10.2 Å². The summed E-state index contributed by atoms with van der Waals surface area (Å²) in [5.74, 6) is 0.624. The van der Waals surface area contributed by atoms with E-state index >= 15 is 0 Å². The normalized spacial score (nSPS) is 16.5. The van der Waals surface area contributed by atoms with Crippen LogP contribution in [0.5, 0.6) is 0 Å². The van der Waals surface area contributed by atoms with Gasteiger partial charge in [-0.1, -0.05) is 29.3 Å². The molecule has 2 aromatic rings. The van der Waals surface area contributed by atoms with Crippen molar-refractivity contribution in [3.05, 3.63) is 46.7 Å². The lowest BCUT2D eigenvalue weighted by Crippen LogP contribution is -2.53. The van der Waals surface area contributed by atoms with Gasteiger partial charge in [-0.3, -0.25) is 9.69 Å². The maximum absolute atomic E-state index is 12.5. The van der Waals surface area contributed by atoms with Crippen molar-refractivity contribution in [2.24, 2.45) is 0 Å². The molecule has 1 aromatic heterocycles. The van der Waals surface area contributed by atoms with Crippen molar-refractivity contribution in [3.8, 4) is 0 Å². The molecule has 0 radical (unpaired) electrons. The number of nitrogens with one attached hydrogen (secondary N) is 1. The molecule has 2 heterocycles. The summed E-state index contributed by atoms with van der Waals surface area (Å²) in [5, 5.41) is 3.63. The molecule has 1 amide bonds. The van der Waals surface area contributed by atoms with E-state index in [1.807, 2.05) is 6.92 Å². The second-order valence-corrected chi connectivity index (χ2v) is 6.62. The highest BCUT2D eigenvalue weighted by Gasteiger charge is 2.26. The molecular weight excluding hydrogens is 361 g/mol. The van der Waals surface area contributed by atoms with E-state index in [-0.39, 0.29) is 11.9 Å². The maximum atomic E-state index is 12.5. The molecule has 0 saturated carbocycles. The molecule has 0 spiro atoms. The molecular formula is C17H19Cl2N5O. The maximum Gasteiger partial charge on any atom is 0.241 e. The van der Waals surface area contributed by atoms with Crippen molar-refractivity contribution >= 4 is 40.7 Å². The molecule has 132 valence electrons. The van der Waals surface area contributed by atoms with Crippen molar-refractivity contribution in [3.63, 3.8) is 0 Å². The van der Waals surface area contributed by atoms with Crippen LogP contribution in [0.2, 0.25) is 10.0 Å². The van der Waals surface area contributed by atoms with Crippen molar-refractivity contribution in [1.82, 2.24) is 14.9 Å². The lowest BCUT2D eigenvalue weighted by atomic mass is 10.2. The first-order valence-electron chi connectivity index (χ1n) is 8.07. The van der Waals surface area contributed by atoms with Crippen LogP contribution in [0.1, 0.15) is 6.92 Å². The van der Waals surface area contributed by atoms with Crippen LogP contribution in [0.15, 0.2) is 36.7 Å². The average Bonchev–Trinajstić information content (AvgIpc) is 2.65. The summed E-state index contributed by atoms with van der Waals surface area (Å²) < 4.78 is 0. The van der Waals surface area contributed by atoms with Crippen LogP contribution in [0.3, 0.4) is 0 Å². The van der Waals surface area contributed by atoms with Gasteiger partial charge in [0.25, 0.3) is 0 Å². The fourth-order valence-electron chi connectivity index (χ4n) is 2.77. The van der Waals surface area contributed by atoms with E-state index in [0.717, 1.165) is 32.1 Å². The highest BCUT2D eigenvalue weighted by molar-refractivity contribution is 6.44. The lowest BCUT2D eigenvalue weighted by Gasteiger charge is -2.37. The first kappa shape index (κ1) is 17.9. The molecule has 0 aliphatic carbocycles. The van der Waals surface area contributed by atoms with E-state index in [1.54, 1.807) is 36.7 Å². The van der Waals surface area contributed by atoms with Crippen LogP contribution >= 0.6 is 23.2 Å². The zero-order valence-electron chi connectivity index (χ0n) is 13.8. The van der Waals surface area contributed by atoms with Crippen LogP contribution in [0, 0.1) is 0 Å². The van der Waals surface area contributed by atoms with Gasteiger partial charge in [0.05, 0.1) is 21.8 Å². The van der Waals surface area contributed by atoms with Gasteiger partial charge in [-0.2, -0.15) is 0 Å². The highest BCUT2D eigenvalue weighted by Crippen LogP contribution is 2.29. The Kier molecular flexibility index (Phi) is 5.73. The molecule has 1 fully saturated rings. The number of nitrogens with zero attached hydrogens (tertiary/aromatic N) is 4. The number of hydrogen-bond donors (Lipinski definition) is 1. The number of aromatic nitrogens is 2. The molecule has 3 rings (SSSR count). The zero-order valence-corrected chi connectivity index (χ0v) is 15.3. The van der Waals surface area contributed by atoms with Gasteiger partial charge in [0.15, 0.2) is 0 Å². The predicted molar refractivity (Wildman–Crippen MR) is 100 cm³/mol. The molecule has 1 unspecified atom stereocenters. The Morgan fingerprint density at radius 2 is 1.80 bits per heavy atom. The van der Waals surface area contributed by atoms with E-state index in [4.69, 9.17) is 23.2 Å². The van der Waals surface area contributed by atoms with Gasteiger partial charge in [0.2, 0.25) is 11.9 Å². The molecule has 0 bridgehead atoms.